The van der Waals surface area contributed by atoms with Gasteiger partial charge in [0.05, 0.1) is 23.1 Å². The lowest BCUT2D eigenvalue weighted by atomic mass is 9.93. The van der Waals surface area contributed by atoms with Gasteiger partial charge >= 0.3 is 5.63 Å². The first-order chi connectivity index (χ1) is 13.7. The van der Waals surface area contributed by atoms with Crippen LogP contribution in [0, 0.1) is 0 Å². The average molecular weight is 373 g/mol. The zero-order valence-electron chi connectivity index (χ0n) is 14.6. The van der Waals surface area contributed by atoms with E-state index in [1.54, 1.807) is 42.5 Å². The number of hydrogen-bond acceptors (Lipinski definition) is 5. The molecule has 0 fully saturated rings. The third kappa shape index (κ3) is 2.58. The van der Waals surface area contributed by atoms with Crippen molar-refractivity contribution in [3.05, 3.63) is 94.7 Å². The molecular weight excluding hydrogens is 358 g/mol. The predicted octanol–water partition coefficient (Wildman–Crippen LogP) is 3.92. The second-order valence-corrected chi connectivity index (χ2v) is 6.52. The molecule has 5 rings (SSSR count). The van der Waals surface area contributed by atoms with Gasteiger partial charge in [0.2, 0.25) is 0 Å². The Morgan fingerprint density at radius 2 is 1.71 bits per heavy atom. The second kappa shape index (κ2) is 6.42. The van der Waals surface area contributed by atoms with Crippen LogP contribution in [0.4, 0.5) is 5.69 Å². The monoisotopic (exact) mass is 373 g/mol. The van der Waals surface area contributed by atoms with Gasteiger partial charge in [-0.1, -0.05) is 30.3 Å². The van der Waals surface area contributed by atoms with Crippen LogP contribution in [0.3, 0.4) is 0 Å². The van der Waals surface area contributed by atoms with Crippen molar-refractivity contribution in [2.45, 2.75) is 12.0 Å². The largest absolute Gasteiger partial charge is 0.478 e. The Bertz CT molecular complexity index is 1210. The molecule has 0 radical (unpaired) electrons. The number of benzene rings is 2. The molecule has 28 heavy (non-hydrogen) atoms. The molecule has 4 aromatic rings. The summed E-state index contributed by atoms with van der Waals surface area (Å²) in [6.07, 6.45) is 0.539. The van der Waals surface area contributed by atoms with Crippen LogP contribution < -0.4 is 15.7 Å². The first-order valence-corrected chi connectivity index (χ1v) is 8.84. The van der Waals surface area contributed by atoms with Crippen LogP contribution in [-0.4, -0.2) is 12.0 Å². The van der Waals surface area contributed by atoms with Crippen LogP contribution in [-0.2, 0) is 4.79 Å². The summed E-state index contributed by atoms with van der Waals surface area (Å²) in [5, 5.41) is 3.48. The van der Waals surface area contributed by atoms with Crippen molar-refractivity contribution in [3.8, 4) is 5.75 Å². The first kappa shape index (κ1) is 16.4. The van der Waals surface area contributed by atoms with Crippen LogP contribution >= 0.6 is 0 Å². The number of anilines is 1. The van der Waals surface area contributed by atoms with Crippen molar-refractivity contribution in [2.75, 3.05) is 5.32 Å². The molecular formula is C22H15NO5. The van der Waals surface area contributed by atoms with Crippen molar-refractivity contribution in [1.29, 1.82) is 0 Å². The topological polar surface area (TPSA) is 81.7 Å². The summed E-state index contributed by atoms with van der Waals surface area (Å²) in [6.45, 7) is 0. The minimum absolute atomic E-state index is 0.293. The normalized spacial score (nSPS) is 17.9. The number of ether oxygens (including phenoxy) is 1. The zero-order chi connectivity index (χ0) is 19.1. The molecule has 3 heterocycles. The second-order valence-electron chi connectivity index (χ2n) is 6.52. The molecule has 0 bridgehead atoms. The standard InChI is InChI=1S/C22H15NO5/c24-21(23-13-7-2-1-3-8-13)20-17(16-11-6-12-26-16)18-19(28-20)14-9-4-5-10-15(14)27-22(18)25/h1-12,17,20H,(H,23,24). The van der Waals surface area contributed by atoms with Crippen LogP contribution in [0.5, 0.6) is 5.75 Å². The van der Waals surface area contributed by atoms with E-state index < -0.39 is 17.6 Å². The number of nitrogens with one attached hydrogen (secondary N) is 1. The number of amides is 1. The zero-order valence-corrected chi connectivity index (χ0v) is 14.6. The van der Waals surface area contributed by atoms with Crippen LogP contribution in [0.15, 0.2) is 86.6 Å². The Morgan fingerprint density at radius 1 is 0.929 bits per heavy atom. The lowest BCUT2D eigenvalue weighted by molar-refractivity contribution is -0.122. The molecule has 0 saturated carbocycles. The highest BCUT2D eigenvalue weighted by Crippen LogP contribution is 2.44. The summed E-state index contributed by atoms with van der Waals surface area (Å²) in [4.78, 5) is 25.8. The molecule has 6 heteroatoms. The summed E-state index contributed by atoms with van der Waals surface area (Å²) in [7, 11) is 0. The van der Waals surface area contributed by atoms with Gasteiger partial charge in [0.1, 0.15) is 17.1 Å². The van der Waals surface area contributed by atoms with Gasteiger partial charge < -0.3 is 18.9 Å². The van der Waals surface area contributed by atoms with E-state index in [-0.39, 0.29) is 5.91 Å². The van der Waals surface area contributed by atoms with E-state index in [0.717, 1.165) is 0 Å². The Balaban J connectivity index is 1.63. The average Bonchev–Trinajstić information content (AvgIpc) is 3.37. The number of para-hydroxylation sites is 2. The number of carbonyl (C=O) groups excluding carboxylic acids is 1. The van der Waals surface area contributed by atoms with Gasteiger partial charge in [0, 0.05) is 5.69 Å². The molecule has 1 amide bonds. The molecule has 1 aliphatic rings. The van der Waals surface area contributed by atoms with E-state index in [4.69, 9.17) is 13.6 Å². The van der Waals surface area contributed by atoms with Crippen molar-refractivity contribution in [1.82, 2.24) is 0 Å². The Hall–Kier alpha value is -3.80. The van der Waals surface area contributed by atoms with Gasteiger partial charge in [-0.25, -0.2) is 4.79 Å². The number of hydrogen-bond donors (Lipinski definition) is 1. The number of fused-ring (bicyclic) bond motifs is 3. The van der Waals surface area contributed by atoms with Gasteiger partial charge in [-0.05, 0) is 36.4 Å². The molecule has 2 aromatic carbocycles. The molecule has 0 spiro atoms. The minimum atomic E-state index is -0.963. The maximum atomic E-state index is 13.0. The number of furan rings is 1. The van der Waals surface area contributed by atoms with E-state index in [0.29, 0.717) is 33.7 Å². The Labute approximate surface area is 159 Å². The van der Waals surface area contributed by atoms with Gasteiger partial charge in [-0.2, -0.15) is 0 Å². The highest BCUT2D eigenvalue weighted by Gasteiger charge is 2.45. The molecule has 1 N–H and O–H groups in total. The molecule has 2 atom stereocenters. The fourth-order valence-corrected chi connectivity index (χ4v) is 3.58. The fraction of sp³-hybridized carbons (Fsp3) is 0.0909. The summed E-state index contributed by atoms with van der Waals surface area (Å²) in [6, 6.07) is 19.6. The van der Waals surface area contributed by atoms with Crippen LogP contribution in [0.25, 0.3) is 11.0 Å². The molecule has 0 saturated heterocycles. The van der Waals surface area contributed by atoms with E-state index in [1.165, 1.54) is 6.26 Å². The molecule has 2 aromatic heterocycles. The van der Waals surface area contributed by atoms with Crippen molar-refractivity contribution in [2.24, 2.45) is 0 Å². The van der Waals surface area contributed by atoms with E-state index in [9.17, 15) is 9.59 Å². The maximum absolute atomic E-state index is 13.0. The highest BCUT2D eigenvalue weighted by molar-refractivity contribution is 5.97. The molecule has 1 aliphatic heterocycles. The van der Waals surface area contributed by atoms with Crippen molar-refractivity contribution >= 4 is 22.6 Å². The summed E-state index contributed by atoms with van der Waals surface area (Å²) < 4.78 is 17.0. The molecule has 6 nitrogen and oxygen atoms in total. The van der Waals surface area contributed by atoms with Gasteiger partial charge in [0.15, 0.2) is 6.10 Å². The number of carbonyl (C=O) groups is 1. The van der Waals surface area contributed by atoms with Crippen molar-refractivity contribution in [3.63, 3.8) is 0 Å². The van der Waals surface area contributed by atoms with E-state index in [1.807, 2.05) is 24.3 Å². The van der Waals surface area contributed by atoms with E-state index >= 15 is 0 Å². The lowest BCUT2D eigenvalue weighted by Gasteiger charge is -2.16. The molecule has 2 unspecified atom stereocenters. The van der Waals surface area contributed by atoms with E-state index in [2.05, 4.69) is 5.32 Å². The Kier molecular flexibility index (Phi) is 3.76. The SMILES string of the molecule is O=C(Nc1ccccc1)C1Oc2c(c(=O)oc3ccccc23)C1c1ccco1. The highest BCUT2D eigenvalue weighted by atomic mass is 16.5. The smallest absolute Gasteiger partial charge is 0.344 e. The number of rotatable bonds is 3. The minimum Gasteiger partial charge on any atom is -0.478 e. The maximum Gasteiger partial charge on any atom is 0.344 e. The molecule has 0 aliphatic carbocycles. The van der Waals surface area contributed by atoms with Crippen LogP contribution in [0.1, 0.15) is 17.2 Å². The van der Waals surface area contributed by atoms with Gasteiger partial charge in [-0.3, -0.25) is 4.79 Å². The fourth-order valence-electron chi connectivity index (χ4n) is 3.58. The molecule has 138 valence electrons. The first-order valence-electron chi connectivity index (χ1n) is 8.84. The quantitative estimate of drug-likeness (QED) is 0.551. The summed E-state index contributed by atoms with van der Waals surface area (Å²) >= 11 is 0. The van der Waals surface area contributed by atoms with Crippen molar-refractivity contribution < 1.29 is 18.4 Å². The van der Waals surface area contributed by atoms with Crippen LogP contribution in [0.2, 0.25) is 0 Å². The van der Waals surface area contributed by atoms with Gasteiger partial charge in [0.25, 0.3) is 5.91 Å². The van der Waals surface area contributed by atoms with Gasteiger partial charge in [-0.15, -0.1) is 0 Å². The summed E-state index contributed by atoms with van der Waals surface area (Å²) in [5.41, 5.74) is 0.808. The third-order valence-electron chi connectivity index (χ3n) is 4.81. The summed E-state index contributed by atoms with van der Waals surface area (Å²) in [5.74, 6) is -0.238. The third-order valence-corrected chi connectivity index (χ3v) is 4.81. The Morgan fingerprint density at radius 3 is 2.50 bits per heavy atom. The lowest BCUT2D eigenvalue weighted by Crippen LogP contribution is -2.35. The predicted molar refractivity (Wildman–Crippen MR) is 103 cm³/mol.